The number of amides is 1. The fraction of sp³-hybridized carbons (Fsp3) is 0.857. The molecule has 62 valence electrons. The van der Waals surface area contributed by atoms with Gasteiger partial charge in [-0.1, -0.05) is 12.7 Å². The molecule has 1 unspecified atom stereocenters. The molecule has 0 aromatic rings. The van der Waals surface area contributed by atoms with Crippen molar-refractivity contribution in [2.45, 2.75) is 25.2 Å². The monoisotopic (exact) mass is 154 g/mol. The Bertz CT molecular complexity index is 128. The van der Waals surface area contributed by atoms with Crippen LogP contribution in [0.25, 0.3) is 0 Å². The van der Waals surface area contributed by atoms with Gasteiger partial charge >= 0.3 is 0 Å². The fourth-order valence-corrected chi connectivity index (χ4v) is 0.853. The molecule has 0 aromatic heterocycles. The van der Waals surface area contributed by atoms with E-state index in [9.17, 15) is 4.79 Å². The highest BCUT2D eigenvalue weighted by atomic mass is 16.1. The molecule has 11 heavy (non-hydrogen) atoms. The summed E-state index contributed by atoms with van der Waals surface area (Å²) in [6.07, 6.45) is 0.435. The highest BCUT2D eigenvalue weighted by Crippen LogP contribution is 2.07. The normalized spacial score (nSPS) is 15.5. The van der Waals surface area contributed by atoms with E-state index in [1.54, 1.807) is 14.1 Å². The van der Waals surface area contributed by atoms with Crippen molar-refractivity contribution in [1.29, 1.82) is 0 Å². The van der Waals surface area contributed by atoms with Crippen LogP contribution >= 0.6 is 0 Å². The molecule has 1 amide bonds. The zero-order valence-electron chi connectivity index (χ0n) is 7.35. The average Bonchev–Trinajstić information content (AvgIpc) is 1.99. The zero-order valence-corrected chi connectivity index (χ0v) is 7.35. The van der Waals surface area contributed by atoms with Crippen LogP contribution in [0.3, 0.4) is 0 Å². The number of rotatable bonds is 4. The highest BCUT2D eigenvalue weighted by Gasteiger charge is 2.13. The number of nitrogens with one attached hydrogen (secondary N) is 2. The summed E-state index contributed by atoms with van der Waals surface area (Å²) in [5.74, 6) is 0.0129. The number of hydrogen-bond acceptors (Lipinski definition) is 2. The van der Waals surface area contributed by atoms with Gasteiger partial charge in [0, 0.05) is 19.5 Å². The van der Waals surface area contributed by atoms with Crippen molar-refractivity contribution in [2.75, 3.05) is 14.1 Å². The summed E-state index contributed by atoms with van der Waals surface area (Å²) in [7, 11) is 9.03. The standard InChI is InChI=1S/C7H15BN2O/c1-5(8)6(9-2)4-7(11)10-3/h5-6,9H,4H2,1-3H3,(H,10,11)/t5?,6-/m0/s1. The van der Waals surface area contributed by atoms with Crippen LogP contribution in [-0.2, 0) is 4.79 Å². The quantitative estimate of drug-likeness (QED) is 0.545. The lowest BCUT2D eigenvalue weighted by atomic mass is 9.81. The van der Waals surface area contributed by atoms with E-state index in [4.69, 9.17) is 7.85 Å². The second-order valence-electron chi connectivity index (χ2n) is 2.63. The maximum Gasteiger partial charge on any atom is 0.221 e. The first-order chi connectivity index (χ1) is 5.11. The molecular weight excluding hydrogens is 139 g/mol. The van der Waals surface area contributed by atoms with Crippen LogP contribution in [-0.4, -0.2) is 33.9 Å². The number of carbonyl (C=O) groups is 1. The summed E-state index contributed by atoms with van der Waals surface area (Å²) >= 11 is 0. The molecule has 4 heteroatoms. The Kier molecular flexibility index (Phi) is 4.95. The van der Waals surface area contributed by atoms with Crippen molar-refractivity contribution >= 4 is 13.8 Å². The third-order valence-corrected chi connectivity index (χ3v) is 1.69. The van der Waals surface area contributed by atoms with Crippen molar-refractivity contribution in [3.8, 4) is 0 Å². The summed E-state index contributed by atoms with van der Waals surface area (Å²) in [6.45, 7) is 1.88. The van der Waals surface area contributed by atoms with Crippen molar-refractivity contribution < 1.29 is 4.79 Å². The maximum atomic E-state index is 10.9. The Morgan fingerprint density at radius 3 is 2.36 bits per heavy atom. The lowest BCUT2D eigenvalue weighted by molar-refractivity contribution is -0.121. The summed E-state index contributed by atoms with van der Waals surface area (Å²) in [4.78, 5) is 10.9. The van der Waals surface area contributed by atoms with Gasteiger partial charge in [0.25, 0.3) is 0 Å². The molecule has 3 nitrogen and oxygen atoms in total. The van der Waals surface area contributed by atoms with Gasteiger partial charge in [-0.05, 0) is 7.05 Å². The summed E-state index contributed by atoms with van der Waals surface area (Å²) < 4.78 is 0. The smallest absolute Gasteiger partial charge is 0.221 e. The van der Waals surface area contributed by atoms with E-state index in [0.717, 1.165) is 0 Å². The Labute approximate surface area is 69.3 Å². The molecule has 2 N–H and O–H groups in total. The molecular formula is C7H15BN2O. The van der Waals surface area contributed by atoms with Crippen LogP contribution in [0.2, 0.25) is 5.82 Å². The lowest BCUT2D eigenvalue weighted by Gasteiger charge is -2.19. The van der Waals surface area contributed by atoms with Gasteiger partial charge in [0.1, 0.15) is 0 Å². The van der Waals surface area contributed by atoms with E-state index in [1.165, 1.54) is 0 Å². The van der Waals surface area contributed by atoms with Gasteiger partial charge in [0.15, 0.2) is 0 Å². The molecule has 2 atom stereocenters. The second kappa shape index (κ2) is 5.19. The van der Waals surface area contributed by atoms with Crippen molar-refractivity contribution in [3.63, 3.8) is 0 Å². The van der Waals surface area contributed by atoms with Crippen LogP contribution < -0.4 is 10.6 Å². The van der Waals surface area contributed by atoms with E-state index in [2.05, 4.69) is 10.6 Å². The summed E-state index contributed by atoms with van der Waals surface area (Å²) in [6, 6.07) is 0.0648. The van der Waals surface area contributed by atoms with Crippen LogP contribution in [0, 0.1) is 0 Å². The molecule has 0 bridgehead atoms. The number of hydrogen-bond donors (Lipinski definition) is 2. The fourth-order valence-electron chi connectivity index (χ4n) is 0.853. The first kappa shape index (κ1) is 10.5. The third kappa shape index (κ3) is 4.04. The molecule has 2 radical (unpaired) electrons. The third-order valence-electron chi connectivity index (χ3n) is 1.69. The Hall–Kier alpha value is -0.505. The largest absolute Gasteiger partial charge is 0.359 e. The van der Waals surface area contributed by atoms with Gasteiger partial charge in [0.05, 0.1) is 7.85 Å². The molecule has 0 aromatic carbocycles. The molecule has 0 saturated carbocycles. The molecule has 0 spiro atoms. The zero-order chi connectivity index (χ0) is 8.85. The van der Waals surface area contributed by atoms with Crippen molar-refractivity contribution in [2.24, 2.45) is 0 Å². The second-order valence-corrected chi connectivity index (χ2v) is 2.63. The van der Waals surface area contributed by atoms with Crippen LogP contribution in [0.5, 0.6) is 0 Å². The van der Waals surface area contributed by atoms with E-state index >= 15 is 0 Å². The number of carbonyl (C=O) groups excluding carboxylic acids is 1. The predicted molar refractivity (Wildman–Crippen MR) is 46.7 cm³/mol. The minimum atomic E-state index is -0.00250. The lowest BCUT2D eigenvalue weighted by Crippen LogP contribution is -2.34. The van der Waals surface area contributed by atoms with Gasteiger partial charge in [-0.3, -0.25) is 4.79 Å². The molecule has 0 aliphatic heterocycles. The average molecular weight is 154 g/mol. The van der Waals surface area contributed by atoms with Crippen molar-refractivity contribution in [1.82, 2.24) is 10.6 Å². The van der Waals surface area contributed by atoms with E-state index in [0.29, 0.717) is 6.42 Å². The Morgan fingerprint density at radius 1 is 1.55 bits per heavy atom. The minimum absolute atomic E-state index is 0.00250. The first-order valence-electron chi connectivity index (χ1n) is 3.75. The van der Waals surface area contributed by atoms with Crippen LogP contribution in [0.15, 0.2) is 0 Å². The van der Waals surface area contributed by atoms with Gasteiger partial charge in [-0.2, -0.15) is 0 Å². The molecule has 0 saturated heterocycles. The van der Waals surface area contributed by atoms with Gasteiger partial charge < -0.3 is 10.6 Å². The van der Waals surface area contributed by atoms with Gasteiger partial charge in [-0.25, -0.2) is 0 Å². The van der Waals surface area contributed by atoms with Gasteiger partial charge in [0.2, 0.25) is 5.91 Å². The SMILES string of the molecule is [B]C(C)[C@H](CC(=O)NC)NC. The summed E-state index contributed by atoms with van der Waals surface area (Å²) in [5, 5.41) is 5.53. The maximum absolute atomic E-state index is 10.9. The van der Waals surface area contributed by atoms with Crippen LogP contribution in [0.1, 0.15) is 13.3 Å². The minimum Gasteiger partial charge on any atom is -0.359 e. The topological polar surface area (TPSA) is 41.1 Å². The Morgan fingerprint density at radius 2 is 2.09 bits per heavy atom. The first-order valence-corrected chi connectivity index (χ1v) is 3.75. The summed E-state index contributed by atoms with van der Waals surface area (Å²) in [5.41, 5.74) is 0. The molecule has 0 aliphatic carbocycles. The predicted octanol–water partition coefficient (Wildman–Crippen LogP) is -0.313. The van der Waals surface area contributed by atoms with E-state index in [1.807, 2.05) is 6.92 Å². The molecule has 0 rings (SSSR count). The molecule has 0 heterocycles. The molecule has 0 aliphatic rings. The van der Waals surface area contributed by atoms with E-state index < -0.39 is 0 Å². The highest BCUT2D eigenvalue weighted by molar-refractivity contribution is 6.12. The molecule has 0 fully saturated rings. The van der Waals surface area contributed by atoms with E-state index in [-0.39, 0.29) is 17.8 Å². The van der Waals surface area contributed by atoms with Crippen molar-refractivity contribution in [3.05, 3.63) is 0 Å². The Balaban J connectivity index is 3.78. The van der Waals surface area contributed by atoms with Gasteiger partial charge in [-0.15, -0.1) is 0 Å². The van der Waals surface area contributed by atoms with Crippen LogP contribution in [0.4, 0.5) is 0 Å².